The summed E-state index contributed by atoms with van der Waals surface area (Å²) in [6.45, 7) is 22.6. The van der Waals surface area contributed by atoms with Gasteiger partial charge in [-0.2, -0.15) is 0 Å². The zero-order valence-electron chi connectivity index (χ0n) is 37.1. The molecule has 2 rings (SSSR count). The van der Waals surface area contributed by atoms with Gasteiger partial charge in [0.25, 0.3) is 0 Å². The predicted molar refractivity (Wildman–Crippen MR) is 241 cm³/mol. The summed E-state index contributed by atoms with van der Waals surface area (Å²) in [4.78, 5) is 49.5. The first-order chi connectivity index (χ1) is 26.9. The third kappa shape index (κ3) is 19.1. The van der Waals surface area contributed by atoms with Crippen LogP contribution in [0.4, 0.5) is 0 Å². The molecule has 0 spiro atoms. The summed E-state index contributed by atoms with van der Waals surface area (Å²) < 4.78 is 0. The van der Waals surface area contributed by atoms with Crippen LogP contribution in [0.3, 0.4) is 0 Å². The first-order valence-electron chi connectivity index (χ1n) is 21.3. The lowest BCUT2D eigenvalue weighted by atomic mass is 9.72. The van der Waals surface area contributed by atoms with Crippen molar-refractivity contribution in [1.29, 1.82) is 0 Å². The van der Waals surface area contributed by atoms with Crippen molar-refractivity contribution in [2.24, 2.45) is 16.7 Å². The Balaban J connectivity index is 1.90. The highest BCUT2D eigenvalue weighted by molar-refractivity contribution is 5.94. The average molecular weight is 779 g/mol. The van der Waals surface area contributed by atoms with Crippen LogP contribution in [-0.4, -0.2) is 37.0 Å². The number of hydrogen-bond acceptors (Lipinski definition) is 4. The molecule has 0 saturated carbocycles. The van der Waals surface area contributed by atoms with E-state index in [4.69, 9.17) is 0 Å². The molecule has 2 aliphatic rings. The van der Waals surface area contributed by atoms with E-state index in [9.17, 15) is 19.2 Å². The highest BCUT2D eigenvalue weighted by Gasteiger charge is 2.27. The maximum Gasteiger partial charge on any atom is 0.244 e. The van der Waals surface area contributed by atoms with Crippen LogP contribution >= 0.6 is 0 Å². The summed E-state index contributed by atoms with van der Waals surface area (Å²) in [5.74, 6) is -0.918. The highest BCUT2D eigenvalue weighted by atomic mass is 16.2. The molecule has 1 unspecified atom stereocenters. The minimum absolute atomic E-state index is 0.101. The molecule has 0 radical (unpaired) electrons. The van der Waals surface area contributed by atoms with Crippen molar-refractivity contribution in [3.05, 3.63) is 117 Å². The van der Waals surface area contributed by atoms with Gasteiger partial charge in [0.1, 0.15) is 6.29 Å². The van der Waals surface area contributed by atoms with Crippen LogP contribution < -0.4 is 10.6 Å². The molecule has 0 aromatic carbocycles. The maximum atomic E-state index is 13.1. The molecule has 2 N–H and O–H groups in total. The van der Waals surface area contributed by atoms with E-state index in [0.717, 1.165) is 35.0 Å². The molecule has 2 aliphatic carbocycles. The average Bonchev–Trinajstić information content (AvgIpc) is 3.11. The Hall–Kier alpha value is -4.32. The number of rotatable bonds is 22. The van der Waals surface area contributed by atoms with Crippen LogP contribution in [0.15, 0.2) is 117 Å². The van der Waals surface area contributed by atoms with Crippen molar-refractivity contribution in [3.8, 4) is 0 Å². The summed E-state index contributed by atoms with van der Waals surface area (Å²) >= 11 is 0. The van der Waals surface area contributed by atoms with Crippen LogP contribution in [0, 0.1) is 16.7 Å². The first-order valence-corrected chi connectivity index (χ1v) is 21.3. The largest absolute Gasteiger partial charge is 0.356 e. The Bertz CT molecular complexity index is 1710. The van der Waals surface area contributed by atoms with Crippen molar-refractivity contribution in [1.82, 2.24) is 10.6 Å². The highest BCUT2D eigenvalue weighted by Crippen LogP contribution is 2.41. The van der Waals surface area contributed by atoms with Gasteiger partial charge in [0.15, 0.2) is 5.78 Å². The van der Waals surface area contributed by atoms with Crippen molar-refractivity contribution in [2.45, 2.75) is 146 Å². The van der Waals surface area contributed by atoms with Crippen LogP contribution in [0.5, 0.6) is 0 Å². The minimum atomic E-state index is -0.486. The van der Waals surface area contributed by atoms with Gasteiger partial charge in [-0.05, 0) is 139 Å². The lowest BCUT2D eigenvalue weighted by Gasteiger charge is -2.33. The zero-order chi connectivity index (χ0) is 42.4. The van der Waals surface area contributed by atoms with Gasteiger partial charge in [-0.3, -0.25) is 14.4 Å². The molecule has 312 valence electrons. The number of allylic oxidation sites excluding steroid dienone is 19. The number of ketones is 1. The van der Waals surface area contributed by atoms with E-state index in [-0.39, 0.29) is 34.8 Å². The van der Waals surface area contributed by atoms with Crippen molar-refractivity contribution < 1.29 is 19.2 Å². The fourth-order valence-corrected chi connectivity index (χ4v) is 7.77. The van der Waals surface area contributed by atoms with Gasteiger partial charge in [-0.1, -0.05) is 117 Å². The van der Waals surface area contributed by atoms with E-state index < -0.39 is 5.92 Å². The quantitative estimate of drug-likeness (QED) is 0.0495. The molecule has 0 aliphatic heterocycles. The SMILES string of the molecule is CC1=C(/C=C/C(C)=C/C=C/C(C)=C/C(=O)CC(CCCCNC(=O)/C=C(C)/C=C/C=C(C)/C=C/C2=C(C)CCCC2(C)C)C(=O)NCCCC=O)C(C)(C)CCC1. The molecule has 0 heterocycles. The van der Waals surface area contributed by atoms with E-state index in [0.29, 0.717) is 45.2 Å². The van der Waals surface area contributed by atoms with Gasteiger partial charge in [-0.15, -0.1) is 0 Å². The van der Waals surface area contributed by atoms with E-state index in [1.54, 1.807) is 12.2 Å². The molecule has 57 heavy (non-hydrogen) atoms. The van der Waals surface area contributed by atoms with E-state index >= 15 is 0 Å². The second-order valence-corrected chi connectivity index (χ2v) is 17.6. The predicted octanol–water partition coefficient (Wildman–Crippen LogP) is 12.0. The van der Waals surface area contributed by atoms with E-state index in [1.165, 1.54) is 54.4 Å². The van der Waals surface area contributed by atoms with Crippen LogP contribution in [0.25, 0.3) is 0 Å². The minimum Gasteiger partial charge on any atom is -0.356 e. The number of unbranched alkanes of at least 4 members (excludes halogenated alkanes) is 2. The van der Waals surface area contributed by atoms with E-state index in [1.807, 2.05) is 44.2 Å². The standard InChI is InChI=1S/C51H74N2O4/c1-38(26-28-46-42(5)23-17-30-50(46,7)8)19-15-21-40(3)35-45(55)37-44(49(57)53-33-13-14-34-54)25-11-12-32-52-48(56)36-41(4)22-16-20-39(2)27-29-47-43(6)24-18-31-51(47,9)10/h15-16,19-22,26-29,34-36,44H,11-14,17-18,23-25,30-33,37H2,1-10H3,(H,52,56)(H,53,57)/b21-15+,22-16+,28-26+,29-27+,38-19+,39-20+,40-35+,41-36+. The third-order valence-corrected chi connectivity index (χ3v) is 11.2. The van der Waals surface area contributed by atoms with Gasteiger partial charge >= 0.3 is 0 Å². The number of nitrogens with one attached hydrogen (secondary N) is 2. The Labute approximate surface area is 346 Å². The second-order valence-electron chi connectivity index (χ2n) is 17.6. The molecular weight excluding hydrogens is 705 g/mol. The first kappa shape index (κ1) is 48.8. The van der Waals surface area contributed by atoms with Crippen molar-refractivity contribution in [2.75, 3.05) is 13.1 Å². The van der Waals surface area contributed by atoms with Crippen LogP contribution in [-0.2, 0) is 19.2 Å². The summed E-state index contributed by atoms with van der Waals surface area (Å²) in [5.41, 5.74) is 10.2. The molecule has 1 atom stereocenters. The monoisotopic (exact) mass is 779 g/mol. The number of carbonyl (C=O) groups excluding carboxylic acids is 4. The molecule has 0 fully saturated rings. The maximum absolute atomic E-state index is 13.1. The molecule has 0 saturated heterocycles. The van der Waals surface area contributed by atoms with Crippen LogP contribution in [0.1, 0.15) is 146 Å². The summed E-state index contributed by atoms with van der Waals surface area (Å²) in [7, 11) is 0. The lowest BCUT2D eigenvalue weighted by Crippen LogP contribution is -2.33. The Kier molecular flexibility index (Phi) is 21.5. The van der Waals surface area contributed by atoms with Gasteiger partial charge in [0, 0.05) is 37.9 Å². The smallest absolute Gasteiger partial charge is 0.244 e. The summed E-state index contributed by atoms with van der Waals surface area (Å²) in [5, 5.41) is 5.85. The zero-order valence-corrected chi connectivity index (χ0v) is 37.1. The number of amides is 2. The van der Waals surface area contributed by atoms with Gasteiger partial charge < -0.3 is 15.4 Å². The Morgan fingerprint density at radius 2 is 1.18 bits per heavy atom. The number of hydrogen-bond donors (Lipinski definition) is 2. The molecule has 0 aromatic rings. The molecule has 0 aromatic heterocycles. The summed E-state index contributed by atoms with van der Waals surface area (Å²) in [6.07, 6.45) is 35.0. The van der Waals surface area contributed by atoms with Crippen molar-refractivity contribution in [3.63, 3.8) is 0 Å². The topological polar surface area (TPSA) is 92.3 Å². The van der Waals surface area contributed by atoms with Crippen LogP contribution in [0.2, 0.25) is 0 Å². The number of carbonyl (C=O) groups is 4. The molecule has 2 amide bonds. The Morgan fingerprint density at radius 1 is 0.667 bits per heavy atom. The fourth-order valence-electron chi connectivity index (χ4n) is 7.77. The second kappa shape index (κ2) is 25.1. The Morgan fingerprint density at radius 3 is 1.68 bits per heavy atom. The van der Waals surface area contributed by atoms with E-state index in [2.05, 4.69) is 96.4 Å². The third-order valence-electron chi connectivity index (χ3n) is 11.2. The van der Waals surface area contributed by atoms with Gasteiger partial charge in [0.05, 0.1) is 0 Å². The number of aldehydes is 1. The normalized spacial score (nSPS) is 19.0. The summed E-state index contributed by atoms with van der Waals surface area (Å²) in [6, 6.07) is 0. The van der Waals surface area contributed by atoms with Crippen molar-refractivity contribution >= 4 is 23.9 Å². The molecule has 6 nitrogen and oxygen atoms in total. The molecular formula is C51H74N2O4. The van der Waals surface area contributed by atoms with Gasteiger partial charge in [0.2, 0.25) is 11.8 Å². The fraction of sp³-hybridized carbons (Fsp3) is 0.529. The molecule has 6 heteroatoms. The lowest BCUT2D eigenvalue weighted by molar-refractivity contribution is -0.128. The van der Waals surface area contributed by atoms with Gasteiger partial charge in [-0.25, -0.2) is 0 Å². The molecule has 0 bridgehead atoms.